The fourth-order valence-electron chi connectivity index (χ4n) is 2.56. The molecular formula is C13H18ClN3O5S. The van der Waals surface area contributed by atoms with E-state index in [1.54, 1.807) is 0 Å². The third kappa shape index (κ3) is 3.23. The van der Waals surface area contributed by atoms with Crippen molar-refractivity contribution in [2.45, 2.75) is 17.4 Å². The van der Waals surface area contributed by atoms with Crippen molar-refractivity contribution in [1.82, 2.24) is 4.31 Å². The van der Waals surface area contributed by atoms with Crippen molar-refractivity contribution in [3.05, 3.63) is 12.1 Å². The lowest BCUT2D eigenvalue weighted by Crippen LogP contribution is -2.32. The Morgan fingerprint density at radius 3 is 2.78 bits per heavy atom. The molecule has 3 rings (SSSR count). The van der Waals surface area contributed by atoms with Crippen LogP contribution in [0.5, 0.6) is 11.5 Å². The van der Waals surface area contributed by atoms with E-state index >= 15 is 0 Å². The van der Waals surface area contributed by atoms with E-state index in [0.29, 0.717) is 24.4 Å². The summed E-state index contributed by atoms with van der Waals surface area (Å²) in [6.45, 7) is 0.509. The zero-order valence-electron chi connectivity index (χ0n) is 12.4. The standard InChI is InChI=1S/C13H17N3O5S.ClH/c1-20-11-4-9-10(21-7-13(17)15-9)5-12(11)22(18,19)16-3-2-8(14)6-16;/h4-5,8H,2-3,6-7,14H2,1H3,(H,15,17);1H/t8-;/m0./s1. The number of halogens is 1. The number of carbonyl (C=O) groups is 1. The Labute approximate surface area is 140 Å². The van der Waals surface area contributed by atoms with Crippen molar-refractivity contribution in [3.63, 3.8) is 0 Å². The van der Waals surface area contributed by atoms with Gasteiger partial charge in [0.05, 0.1) is 12.8 Å². The van der Waals surface area contributed by atoms with E-state index in [4.69, 9.17) is 15.2 Å². The van der Waals surface area contributed by atoms with Gasteiger partial charge < -0.3 is 20.5 Å². The summed E-state index contributed by atoms with van der Waals surface area (Å²) in [4.78, 5) is 11.3. The number of anilines is 1. The van der Waals surface area contributed by atoms with Crippen LogP contribution in [0.4, 0.5) is 5.69 Å². The van der Waals surface area contributed by atoms with Crippen molar-refractivity contribution in [2.24, 2.45) is 5.73 Å². The van der Waals surface area contributed by atoms with Crippen LogP contribution in [-0.2, 0) is 14.8 Å². The van der Waals surface area contributed by atoms with Crippen LogP contribution in [-0.4, -0.2) is 51.5 Å². The van der Waals surface area contributed by atoms with Gasteiger partial charge in [-0.3, -0.25) is 4.79 Å². The number of nitrogens with two attached hydrogens (primary N) is 1. The molecule has 1 atom stereocenters. The van der Waals surface area contributed by atoms with Crippen LogP contribution >= 0.6 is 12.4 Å². The molecule has 0 bridgehead atoms. The third-order valence-electron chi connectivity index (χ3n) is 3.70. The van der Waals surface area contributed by atoms with Crippen LogP contribution in [0.25, 0.3) is 0 Å². The molecule has 0 unspecified atom stereocenters. The molecule has 0 spiro atoms. The van der Waals surface area contributed by atoms with Gasteiger partial charge in [0, 0.05) is 31.3 Å². The number of carbonyl (C=O) groups excluding carboxylic acids is 1. The fraction of sp³-hybridized carbons (Fsp3) is 0.462. The Morgan fingerprint density at radius 2 is 2.17 bits per heavy atom. The molecule has 1 aromatic rings. The van der Waals surface area contributed by atoms with Crippen LogP contribution < -0.4 is 20.5 Å². The maximum atomic E-state index is 12.8. The number of fused-ring (bicyclic) bond motifs is 1. The fourth-order valence-corrected chi connectivity index (χ4v) is 4.22. The van der Waals surface area contributed by atoms with Crippen molar-refractivity contribution in [3.8, 4) is 11.5 Å². The van der Waals surface area contributed by atoms with Gasteiger partial charge in [-0.1, -0.05) is 0 Å². The van der Waals surface area contributed by atoms with Gasteiger partial charge in [0.25, 0.3) is 5.91 Å². The molecule has 1 fully saturated rings. The van der Waals surface area contributed by atoms with Crippen LogP contribution in [0, 0.1) is 0 Å². The lowest BCUT2D eigenvalue weighted by atomic mass is 10.2. The number of hydrogen-bond acceptors (Lipinski definition) is 6. The Morgan fingerprint density at radius 1 is 1.43 bits per heavy atom. The van der Waals surface area contributed by atoms with Gasteiger partial charge >= 0.3 is 0 Å². The van der Waals surface area contributed by atoms with Gasteiger partial charge in [-0.15, -0.1) is 12.4 Å². The summed E-state index contributed by atoms with van der Waals surface area (Å²) in [5.41, 5.74) is 6.18. The number of benzene rings is 1. The summed E-state index contributed by atoms with van der Waals surface area (Å²) >= 11 is 0. The maximum absolute atomic E-state index is 12.8. The van der Waals surface area contributed by atoms with E-state index in [-0.39, 0.29) is 48.2 Å². The zero-order chi connectivity index (χ0) is 15.9. The molecule has 8 nitrogen and oxygen atoms in total. The average molecular weight is 364 g/mol. The molecule has 1 aromatic carbocycles. The molecular weight excluding hydrogens is 346 g/mol. The first-order valence-corrected chi connectivity index (χ1v) is 8.26. The molecule has 0 radical (unpaired) electrons. The molecule has 10 heteroatoms. The number of nitrogens with zero attached hydrogens (tertiary/aromatic N) is 1. The highest BCUT2D eigenvalue weighted by molar-refractivity contribution is 7.89. The second-order valence-electron chi connectivity index (χ2n) is 5.25. The number of nitrogens with one attached hydrogen (secondary N) is 1. The normalized spacial score (nSPS) is 21.0. The zero-order valence-corrected chi connectivity index (χ0v) is 14.1. The minimum atomic E-state index is -3.73. The van der Waals surface area contributed by atoms with E-state index < -0.39 is 10.0 Å². The number of ether oxygens (including phenoxy) is 2. The van der Waals surface area contributed by atoms with Gasteiger partial charge in [0.2, 0.25) is 10.0 Å². The summed E-state index contributed by atoms with van der Waals surface area (Å²) in [6.07, 6.45) is 0.624. The van der Waals surface area contributed by atoms with E-state index in [9.17, 15) is 13.2 Å². The van der Waals surface area contributed by atoms with Crippen molar-refractivity contribution in [1.29, 1.82) is 0 Å². The molecule has 2 heterocycles. The summed E-state index contributed by atoms with van der Waals surface area (Å²) in [5.74, 6) is 0.170. The molecule has 0 aromatic heterocycles. The molecule has 2 aliphatic rings. The highest BCUT2D eigenvalue weighted by Crippen LogP contribution is 2.38. The average Bonchev–Trinajstić information content (AvgIpc) is 2.93. The summed E-state index contributed by atoms with van der Waals surface area (Å²) in [6, 6.07) is 2.68. The molecule has 1 saturated heterocycles. The third-order valence-corrected chi connectivity index (χ3v) is 5.59. The SMILES string of the molecule is COc1cc2c(cc1S(=O)(=O)N1CC[C@H](N)C1)OCC(=O)N2.Cl. The first-order valence-electron chi connectivity index (χ1n) is 6.82. The van der Waals surface area contributed by atoms with E-state index in [1.165, 1.54) is 23.5 Å². The number of sulfonamides is 1. The molecule has 2 aliphatic heterocycles. The second-order valence-corrected chi connectivity index (χ2v) is 7.15. The quantitative estimate of drug-likeness (QED) is 0.792. The molecule has 0 saturated carbocycles. The Balaban J connectivity index is 0.00000192. The largest absolute Gasteiger partial charge is 0.495 e. The predicted molar refractivity (Wildman–Crippen MR) is 85.7 cm³/mol. The van der Waals surface area contributed by atoms with Gasteiger partial charge in [0.15, 0.2) is 6.61 Å². The van der Waals surface area contributed by atoms with Crippen molar-refractivity contribution >= 4 is 34.0 Å². The predicted octanol–water partition coefficient (Wildman–Crippen LogP) is 0.170. The van der Waals surface area contributed by atoms with E-state index in [0.717, 1.165) is 0 Å². The lowest BCUT2D eigenvalue weighted by molar-refractivity contribution is -0.118. The van der Waals surface area contributed by atoms with Crippen LogP contribution in [0.1, 0.15) is 6.42 Å². The van der Waals surface area contributed by atoms with Crippen LogP contribution in [0.15, 0.2) is 17.0 Å². The van der Waals surface area contributed by atoms with Gasteiger partial charge in [-0.25, -0.2) is 8.42 Å². The summed E-state index contributed by atoms with van der Waals surface area (Å²) < 4.78 is 37.3. The van der Waals surface area contributed by atoms with Crippen LogP contribution in [0.3, 0.4) is 0 Å². The van der Waals surface area contributed by atoms with Gasteiger partial charge in [-0.2, -0.15) is 4.31 Å². The van der Waals surface area contributed by atoms with Crippen molar-refractivity contribution < 1.29 is 22.7 Å². The number of amides is 1. The first-order chi connectivity index (χ1) is 10.4. The topological polar surface area (TPSA) is 111 Å². The number of methoxy groups -OCH3 is 1. The Bertz CT molecular complexity index is 725. The highest BCUT2D eigenvalue weighted by Gasteiger charge is 2.34. The first kappa shape index (κ1) is 17.8. The number of hydrogen-bond donors (Lipinski definition) is 2. The molecule has 23 heavy (non-hydrogen) atoms. The minimum absolute atomic E-state index is 0. The van der Waals surface area contributed by atoms with Gasteiger partial charge in [-0.05, 0) is 6.42 Å². The molecule has 128 valence electrons. The minimum Gasteiger partial charge on any atom is -0.495 e. The lowest BCUT2D eigenvalue weighted by Gasteiger charge is -2.22. The monoisotopic (exact) mass is 363 g/mol. The van der Waals surface area contributed by atoms with E-state index in [2.05, 4.69) is 5.32 Å². The summed E-state index contributed by atoms with van der Waals surface area (Å²) in [7, 11) is -2.35. The Hall–Kier alpha value is -1.55. The summed E-state index contributed by atoms with van der Waals surface area (Å²) in [5, 5.41) is 2.62. The number of rotatable bonds is 3. The molecule has 3 N–H and O–H groups in total. The van der Waals surface area contributed by atoms with E-state index in [1.807, 2.05) is 0 Å². The second kappa shape index (κ2) is 6.52. The Kier molecular flexibility index (Phi) is 5.04. The van der Waals surface area contributed by atoms with Crippen LogP contribution in [0.2, 0.25) is 0 Å². The van der Waals surface area contributed by atoms with Gasteiger partial charge in [0.1, 0.15) is 16.4 Å². The maximum Gasteiger partial charge on any atom is 0.262 e. The van der Waals surface area contributed by atoms with Crippen molar-refractivity contribution in [2.75, 3.05) is 32.1 Å². The highest BCUT2D eigenvalue weighted by atomic mass is 35.5. The molecule has 1 amide bonds. The smallest absolute Gasteiger partial charge is 0.262 e. The molecule has 0 aliphatic carbocycles.